The molecule has 0 saturated carbocycles. The zero-order valence-electron chi connectivity index (χ0n) is 9.57. The highest BCUT2D eigenvalue weighted by Crippen LogP contribution is 2.26. The Labute approximate surface area is 105 Å². The lowest BCUT2D eigenvalue weighted by atomic mass is 10.2. The summed E-state index contributed by atoms with van der Waals surface area (Å²) in [6.45, 7) is 2.80. The number of nitrogens with two attached hydrogens (primary N) is 1. The molecule has 2 rings (SSSR count). The minimum Gasteiger partial charge on any atom is -0.484 e. The average molecular weight is 252 g/mol. The Morgan fingerprint density at radius 1 is 1.35 bits per heavy atom. The number of hydrogen-bond acceptors (Lipinski definition) is 3. The van der Waals surface area contributed by atoms with E-state index in [2.05, 4.69) is 0 Å². The van der Waals surface area contributed by atoms with Crippen molar-refractivity contribution in [2.45, 2.75) is 20.1 Å². The lowest BCUT2D eigenvalue weighted by Gasteiger charge is -2.06. The fourth-order valence-electron chi connectivity index (χ4n) is 1.48. The Hall–Kier alpha value is -1.45. The van der Waals surface area contributed by atoms with Crippen LogP contribution in [0.1, 0.15) is 16.9 Å². The Kier molecular flexibility index (Phi) is 3.71. The summed E-state index contributed by atoms with van der Waals surface area (Å²) in [5.74, 6) is 1.39. The second-order valence-electron chi connectivity index (χ2n) is 3.85. The van der Waals surface area contributed by atoms with Crippen molar-refractivity contribution in [2.75, 3.05) is 0 Å². The van der Waals surface area contributed by atoms with Crippen LogP contribution in [0.25, 0.3) is 0 Å². The van der Waals surface area contributed by atoms with Gasteiger partial charge in [0.2, 0.25) is 0 Å². The van der Waals surface area contributed by atoms with Gasteiger partial charge in [0.1, 0.15) is 18.1 Å². The minimum atomic E-state index is 0.350. The number of aryl methyl sites for hydroxylation is 1. The Balaban J connectivity index is 2.02. The maximum Gasteiger partial charge on any atom is 0.146 e. The van der Waals surface area contributed by atoms with Gasteiger partial charge in [-0.15, -0.1) is 0 Å². The van der Waals surface area contributed by atoms with Crippen LogP contribution in [0.3, 0.4) is 0 Å². The monoisotopic (exact) mass is 251 g/mol. The molecule has 1 heterocycles. The quantitative estimate of drug-likeness (QED) is 0.907. The van der Waals surface area contributed by atoms with Crippen molar-refractivity contribution in [3.05, 3.63) is 52.4 Å². The van der Waals surface area contributed by atoms with Crippen molar-refractivity contribution in [1.82, 2.24) is 0 Å². The van der Waals surface area contributed by atoms with E-state index in [1.54, 1.807) is 6.26 Å². The van der Waals surface area contributed by atoms with Gasteiger partial charge >= 0.3 is 0 Å². The van der Waals surface area contributed by atoms with E-state index in [4.69, 9.17) is 26.5 Å². The molecule has 0 spiro atoms. The number of hydrogen-bond donors (Lipinski definition) is 1. The van der Waals surface area contributed by atoms with E-state index in [0.717, 1.165) is 16.9 Å². The molecule has 1 aromatic carbocycles. The van der Waals surface area contributed by atoms with E-state index >= 15 is 0 Å². The average Bonchev–Trinajstić information content (AvgIpc) is 2.76. The van der Waals surface area contributed by atoms with E-state index in [0.29, 0.717) is 23.9 Å². The van der Waals surface area contributed by atoms with Gasteiger partial charge in [0.05, 0.1) is 11.3 Å². The molecule has 90 valence electrons. The summed E-state index contributed by atoms with van der Waals surface area (Å²) in [6, 6.07) is 7.55. The number of halogens is 1. The van der Waals surface area contributed by atoms with Crippen LogP contribution in [-0.4, -0.2) is 0 Å². The van der Waals surface area contributed by atoms with Crippen molar-refractivity contribution in [2.24, 2.45) is 5.73 Å². The van der Waals surface area contributed by atoms with Gasteiger partial charge in [0.25, 0.3) is 0 Å². The first-order chi connectivity index (χ1) is 8.19. The second-order valence-corrected chi connectivity index (χ2v) is 4.26. The summed E-state index contributed by atoms with van der Waals surface area (Å²) >= 11 is 6.05. The molecule has 0 bridgehead atoms. The molecular weight excluding hydrogens is 238 g/mol. The van der Waals surface area contributed by atoms with Gasteiger partial charge in [-0.05, 0) is 30.7 Å². The zero-order chi connectivity index (χ0) is 12.3. The number of rotatable bonds is 4. The first kappa shape index (κ1) is 12.0. The molecule has 1 aromatic heterocycles. The molecular formula is C13H14ClNO2. The largest absolute Gasteiger partial charge is 0.484 e. The minimum absolute atomic E-state index is 0.350. The third kappa shape index (κ3) is 3.02. The lowest BCUT2D eigenvalue weighted by molar-refractivity contribution is 0.270. The van der Waals surface area contributed by atoms with Gasteiger partial charge in [-0.2, -0.15) is 0 Å². The standard InChI is InChI=1S/C13H14ClNO2/c1-9-2-3-13(12(14)4-9)17-8-11-5-10(6-15)7-16-11/h2-5,7H,6,8,15H2,1H3. The molecule has 0 saturated heterocycles. The van der Waals surface area contributed by atoms with Crippen molar-refractivity contribution in [1.29, 1.82) is 0 Å². The number of ether oxygens (including phenoxy) is 1. The first-order valence-corrected chi connectivity index (χ1v) is 5.72. The summed E-state index contributed by atoms with van der Waals surface area (Å²) in [5.41, 5.74) is 7.55. The number of benzene rings is 1. The predicted octanol–water partition coefficient (Wildman–Crippen LogP) is 3.28. The highest BCUT2D eigenvalue weighted by molar-refractivity contribution is 6.32. The smallest absolute Gasteiger partial charge is 0.146 e. The van der Waals surface area contributed by atoms with E-state index in [1.165, 1.54) is 0 Å². The van der Waals surface area contributed by atoms with Crippen molar-refractivity contribution in [3.63, 3.8) is 0 Å². The van der Waals surface area contributed by atoms with Crippen LogP contribution in [0.15, 0.2) is 34.9 Å². The van der Waals surface area contributed by atoms with Gasteiger partial charge in [0, 0.05) is 12.1 Å². The van der Waals surface area contributed by atoms with Crippen molar-refractivity contribution in [3.8, 4) is 5.75 Å². The predicted molar refractivity (Wildman–Crippen MR) is 67.1 cm³/mol. The summed E-state index contributed by atoms with van der Waals surface area (Å²) in [4.78, 5) is 0. The van der Waals surface area contributed by atoms with Crippen LogP contribution in [0, 0.1) is 6.92 Å². The second kappa shape index (κ2) is 5.25. The highest BCUT2D eigenvalue weighted by Gasteiger charge is 2.04. The van der Waals surface area contributed by atoms with Gasteiger partial charge in [0.15, 0.2) is 0 Å². The van der Waals surface area contributed by atoms with Crippen molar-refractivity contribution >= 4 is 11.6 Å². The summed E-state index contributed by atoms with van der Waals surface area (Å²) in [7, 11) is 0. The Bertz CT molecular complexity index is 508. The van der Waals surface area contributed by atoms with Crippen LogP contribution in [0.5, 0.6) is 5.75 Å². The van der Waals surface area contributed by atoms with E-state index in [-0.39, 0.29) is 0 Å². The first-order valence-electron chi connectivity index (χ1n) is 5.34. The molecule has 2 N–H and O–H groups in total. The Morgan fingerprint density at radius 2 is 2.18 bits per heavy atom. The van der Waals surface area contributed by atoms with Gasteiger partial charge in [-0.3, -0.25) is 0 Å². The van der Waals surface area contributed by atoms with Crippen LogP contribution < -0.4 is 10.5 Å². The molecule has 17 heavy (non-hydrogen) atoms. The van der Waals surface area contributed by atoms with Crippen LogP contribution >= 0.6 is 11.6 Å². The maximum atomic E-state index is 6.05. The SMILES string of the molecule is Cc1ccc(OCc2cc(CN)co2)c(Cl)c1. The molecule has 0 aliphatic rings. The van der Waals surface area contributed by atoms with Crippen LogP contribution in [0.2, 0.25) is 5.02 Å². The van der Waals surface area contributed by atoms with Crippen LogP contribution in [-0.2, 0) is 13.2 Å². The molecule has 2 aromatic rings. The molecule has 0 amide bonds. The molecule has 0 aliphatic carbocycles. The Morgan fingerprint density at radius 3 is 2.82 bits per heavy atom. The van der Waals surface area contributed by atoms with Gasteiger partial charge in [-0.1, -0.05) is 17.7 Å². The summed E-state index contributed by atoms with van der Waals surface area (Å²) in [6.07, 6.45) is 1.63. The molecule has 0 unspecified atom stereocenters. The molecule has 0 fully saturated rings. The highest BCUT2D eigenvalue weighted by atomic mass is 35.5. The topological polar surface area (TPSA) is 48.4 Å². The lowest BCUT2D eigenvalue weighted by Crippen LogP contribution is -1.95. The molecule has 0 atom stereocenters. The van der Waals surface area contributed by atoms with Gasteiger partial charge in [-0.25, -0.2) is 0 Å². The van der Waals surface area contributed by atoms with E-state index < -0.39 is 0 Å². The molecule has 0 aliphatic heterocycles. The number of furan rings is 1. The summed E-state index contributed by atoms with van der Waals surface area (Å²) in [5, 5.41) is 0.607. The van der Waals surface area contributed by atoms with Gasteiger partial charge < -0.3 is 14.9 Å². The van der Waals surface area contributed by atoms with E-state index in [1.807, 2.05) is 31.2 Å². The third-order valence-corrected chi connectivity index (χ3v) is 2.70. The fraction of sp³-hybridized carbons (Fsp3) is 0.231. The van der Waals surface area contributed by atoms with Crippen molar-refractivity contribution < 1.29 is 9.15 Å². The van der Waals surface area contributed by atoms with Crippen LogP contribution in [0.4, 0.5) is 0 Å². The third-order valence-electron chi connectivity index (χ3n) is 2.40. The fourth-order valence-corrected chi connectivity index (χ4v) is 1.77. The maximum absolute atomic E-state index is 6.05. The summed E-state index contributed by atoms with van der Waals surface area (Å²) < 4.78 is 10.9. The molecule has 4 heteroatoms. The molecule has 3 nitrogen and oxygen atoms in total. The zero-order valence-corrected chi connectivity index (χ0v) is 10.3. The molecule has 0 radical (unpaired) electrons. The normalized spacial score (nSPS) is 10.5. The van der Waals surface area contributed by atoms with E-state index in [9.17, 15) is 0 Å².